The fourth-order valence-electron chi connectivity index (χ4n) is 1.77. The Morgan fingerprint density at radius 2 is 1.89 bits per heavy atom. The number of rotatable bonds is 6. The van der Waals surface area contributed by atoms with Crippen LogP contribution in [0.2, 0.25) is 0 Å². The van der Waals surface area contributed by atoms with E-state index >= 15 is 0 Å². The molecule has 0 aliphatic rings. The maximum atomic E-state index is 12.2. The average Bonchev–Trinajstić information content (AvgIpc) is 2.33. The van der Waals surface area contributed by atoms with E-state index in [-0.39, 0.29) is 12.5 Å². The number of nitrogens with zero attached hydrogens (tertiary/aromatic N) is 1. The van der Waals surface area contributed by atoms with Gasteiger partial charge in [0.25, 0.3) is 0 Å². The lowest BCUT2D eigenvalue weighted by molar-refractivity contribution is -0.137. The Balaban J connectivity index is 2.62. The zero-order valence-electron chi connectivity index (χ0n) is 10.7. The Labute approximate surface area is 116 Å². The van der Waals surface area contributed by atoms with Crippen LogP contribution in [0.4, 0.5) is 13.2 Å². The third-order valence-corrected chi connectivity index (χ3v) is 3.10. The predicted molar refractivity (Wildman–Crippen MR) is 74.1 cm³/mol. The Morgan fingerprint density at radius 1 is 1.32 bits per heavy atom. The minimum absolute atomic E-state index is 0.0601. The monoisotopic (exact) mass is 290 g/mol. The number of benzene rings is 1. The highest BCUT2D eigenvalue weighted by atomic mass is 32.1. The molecular formula is C13H17F3N2S. The first-order chi connectivity index (χ1) is 8.79. The first-order valence-electron chi connectivity index (χ1n) is 5.89. The summed E-state index contributed by atoms with van der Waals surface area (Å²) in [6, 6.07) is 9.34. The van der Waals surface area contributed by atoms with Crippen molar-refractivity contribution in [1.82, 2.24) is 4.90 Å². The molecule has 0 radical (unpaired) electrons. The zero-order valence-corrected chi connectivity index (χ0v) is 11.5. The van der Waals surface area contributed by atoms with Crippen LogP contribution in [-0.4, -0.2) is 36.2 Å². The lowest BCUT2D eigenvalue weighted by Gasteiger charge is -2.24. The Kier molecular flexibility index (Phi) is 5.75. The SMILES string of the molecule is CN(CCC(F)(F)F)CC(C(N)=S)c1ccccc1. The van der Waals surface area contributed by atoms with Gasteiger partial charge in [-0.3, -0.25) is 0 Å². The van der Waals surface area contributed by atoms with Crippen molar-refractivity contribution in [3.8, 4) is 0 Å². The van der Waals surface area contributed by atoms with Crippen LogP contribution in [0.3, 0.4) is 0 Å². The highest BCUT2D eigenvalue weighted by Gasteiger charge is 2.27. The minimum atomic E-state index is -4.14. The van der Waals surface area contributed by atoms with E-state index in [2.05, 4.69) is 0 Å². The number of hydrogen-bond acceptors (Lipinski definition) is 2. The Hall–Kier alpha value is -1.14. The van der Waals surface area contributed by atoms with Crippen molar-refractivity contribution in [2.45, 2.75) is 18.5 Å². The molecular weight excluding hydrogens is 273 g/mol. The Morgan fingerprint density at radius 3 is 2.37 bits per heavy atom. The first-order valence-corrected chi connectivity index (χ1v) is 6.30. The molecule has 0 bridgehead atoms. The van der Waals surface area contributed by atoms with Gasteiger partial charge in [-0.25, -0.2) is 0 Å². The van der Waals surface area contributed by atoms with Crippen molar-refractivity contribution >= 4 is 17.2 Å². The second kappa shape index (κ2) is 6.86. The van der Waals surface area contributed by atoms with Gasteiger partial charge in [-0.1, -0.05) is 42.5 Å². The summed E-state index contributed by atoms with van der Waals surface area (Å²) in [5, 5.41) is 0. The molecule has 106 valence electrons. The van der Waals surface area contributed by atoms with Crippen molar-refractivity contribution in [2.24, 2.45) is 5.73 Å². The number of halogens is 3. The maximum Gasteiger partial charge on any atom is 0.390 e. The van der Waals surface area contributed by atoms with Gasteiger partial charge < -0.3 is 10.6 Å². The summed E-state index contributed by atoms with van der Waals surface area (Å²) in [7, 11) is 1.64. The standard InChI is InChI=1S/C13H17F3N2S/c1-18(8-7-13(14,15)16)9-11(12(17)19)10-5-3-2-4-6-10/h2-6,11H,7-9H2,1H3,(H2,17,19). The van der Waals surface area contributed by atoms with E-state index in [1.807, 2.05) is 30.3 Å². The summed E-state index contributed by atoms with van der Waals surface area (Å²) in [6.45, 7) is 0.324. The largest absolute Gasteiger partial charge is 0.393 e. The molecule has 1 unspecified atom stereocenters. The molecule has 6 heteroatoms. The molecule has 1 rings (SSSR count). The van der Waals surface area contributed by atoms with Gasteiger partial charge in [-0.05, 0) is 12.6 Å². The molecule has 0 saturated carbocycles. The van der Waals surface area contributed by atoms with E-state index in [1.165, 1.54) is 0 Å². The van der Waals surface area contributed by atoms with E-state index in [4.69, 9.17) is 18.0 Å². The normalized spacial score (nSPS) is 13.5. The molecule has 2 N–H and O–H groups in total. The van der Waals surface area contributed by atoms with E-state index in [0.717, 1.165) is 5.56 Å². The van der Waals surface area contributed by atoms with E-state index in [9.17, 15) is 13.2 Å². The van der Waals surface area contributed by atoms with Crippen LogP contribution in [0.5, 0.6) is 0 Å². The topological polar surface area (TPSA) is 29.3 Å². The fourth-order valence-corrected chi connectivity index (χ4v) is 1.98. The maximum absolute atomic E-state index is 12.2. The van der Waals surface area contributed by atoms with E-state index in [0.29, 0.717) is 11.5 Å². The van der Waals surface area contributed by atoms with E-state index < -0.39 is 12.6 Å². The van der Waals surface area contributed by atoms with Crippen LogP contribution < -0.4 is 5.73 Å². The highest BCUT2D eigenvalue weighted by Crippen LogP contribution is 2.21. The van der Waals surface area contributed by atoms with Crippen LogP contribution in [0.25, 0.3) is 0 Å². The molecule has 0 aromatic heterocycles. The Bertz CT molecular complexity index is 406. The number of alkyl halides is 3. The quantitative estimate of drug-likeness (QED) is 0.817. The molecule has 0 heterocycles. The molecule has 0 amide bonds. The van der Waals surface area contributed by atoms with Gasteiger partial charge in [0.15, 0.2) is 0 Å². The summed E-state index contributed by atoms with van der Waals surface area (Å²) in [6.07, 6.45) is -4.97. The van der Waals surface area contributed by atoms with Crippen LogP contribution in [-0.2, 0) is 0 Å². The number of likely N-dealkylation sites (N-methyl/N-ethyl adjacent to an activating group) is 1. The second-order valence-corrected chi connectivity index (χ2v) is 4.96. The minimum Gasteiger partial charge on any atom is -0.393 e. The van der Waals surface area contributed by atoms with Gasteiger partial charge in [0, 0.05) is 19.0 Å². The van der Waals surface area contributed by atoms with E-state index in [1.54, 1.807) is 11.9 Å². The van der Waals surface area contributed by atoms with Crippen molar-refractivity contribution in [2.75, 3.05) is 20.1 Å². The molecule has 0 fully saturated rings. The molecule has 1 atom stereocenters. The van der Waals surface area contributed by atoms with Gasteiger partial charge in [0.05, 0.1) is 11.4 Å². The van der Waals surface area contributed by atoms with Gasteiger partial charge >= 0.3 is 6.18 Å². The average molecular weight is 290 g/mol. The van der Waals surface area contributed by atoms with Gasteiger partial charge in [0.2, 0.25) is 0 Å². The summed E-state index contributed by atoms with van der Waals surface area (Å²) in [4.78, 5) is 1.90. The molecule has 2 nitrogen and oxygen atoms in total. The van der Waals surface area contributed by atoms with Gasteiger partial charge in [0.1, 0.15) is 0 Å². The summed E-state index contributed by atoms with van der Waals surface area (Å²) in [5.74, 6) is -0.227. The third-order valence-electron chi connectivity index (χ3n) is 2.82. The summed E-state index contributed by atoms with van der Waals surface area (Å²) >= 11 is 5.00. The number of thiocarbonyl (C=S) groups is 1. The molecule has 0 spiro atoms. The zero-order chi connectivity index (χ0) is 14.5. The smallest absolute Gasteiger partial charge is 0.390 e. The van der Waals surface area contributed by atoms with Crippen LogP contribution in [0.1, 0.15) is 17.9 Å². The first kappa shape index (κ1) is 15.9. The number of nitrogens with two attached hydrogens (primary N) is 1. The van der Waals surface area contributed by atoms with Crippen molar-refractivity contribution in [1.29, 1.82) is 0 Å². The van der Waals surface area contributed by atoms with Crippen molar-refractivity contribution in [3.63, 3.8) is 0 Å². The van der Waals surface area contributed by atoms with Crippen molar-refractivity contribution < 1.29 is 13.2 Å². The fraction of sp³-hybridized carbons (Fsp3) is 0.462. The molecule has 1 aromatic rings. The lowest BCUT2D eigenvalue weighted by atomic mass is 9.98. The van der Waals surface area contributed by atoms with Crippen LogP contribution >= 0.6 is 12.2 Å². The molecule has 19 heavy (non-hydrogen) atoms. The van der Waals surface area contributed by atoms with Gasteiger partial charge in [-0.15, -0.1) is 0 Å². The molecule has 0 aliphatic heterocycles. The second-order valence-electron chi connectivity index (χ2n) is 4.49. The summed E-state index contributed by atoms with van der Waals surface area (Å²) in [5.41, 5.74) is 6.61. The molecule has 1 aromatic carbocycles. The third kappa shape index (κ3) is 6.02. The van der Waals surface area contributed by atoms with Crippen LogP contribution in [0, 0.1) is 0 Å². The lowest BCUT2D eigenvalue weighted by Crippen LogP contribution is -2.33. The molecule has 0 aliphatic carbocycles. The number of hydrogen-bond donors (Lipinski definition) is 1. The van der Waals surface area contributed by atoms with Crippen LogP contribution in [0.15, 0.2) is 30.3 Å². The highest BCUT2D eigenvalue weighted by molar-refractivity contribution is 7.80. The predicted octanol–water partition coefficient (Wildman–Crippen LogP) is 2.94. The van der Waals surface area contributed by atoms with Gasteiger partial charge in [-0.2, -0.15) is 13.2 Å². The van der Waals surface area contributed by atoms with Crippen molar-refractivity contribution in [3.05, 3.63) is 35.9 Å². The summed E-state index contributed by atoms with van der Waals surface area (Å²) < 4.78 is 36.5. The molecule has 0 saturated heterocycles.